The fraction of sp³-hybridized carbons (Fsp3) is 0.278. The summed E-state index contributed by atoms with van der Waals surface area (Å²) < 4.78 is 5.63. The summed E-state index contributed by atoms with van der Waals surface area (Å²) >= 11 is 0. The predicted octanol–water partition coefficient (Wildman–Crippen LogP) is 3.20. The molecule has 2 rings (SSSR count). The van der Waals surface area contributed by atoms with E-state index in [9.17, 15) is 4.79 Å². The van der Waals surface area contributed by atoms with Gasteiger partial charge < -0.3 is 15.2 Å². The maximum Gasteiger partial charge on any atom is 0.265 e. The van der Waals surface area contributed by atoms with E-state index in [1.807, 2.05) is 32.0 Å². The van der Waals surface area contributed by atoms with Crippen molar-refractivity contribution in [2.45, 2.75) is 33.5 Å². The van der Waals surface area contributed by atoms with Crippen molar-refractivity contribution in [3.05, 3.63) is 59.2 Å². The predicted molar refractivity (Wildman–Crippen MR) is 87.0 cm³/mol. The first-order valence-corrected chi connectivity index (χ1v) is 7.24. The third-order valence-electron chi connectivity index (χ3n) is 3.40. The number of aliphatic hydroxyl groups excluding tert-OH is 1. The first kappa shape index (κ1) is 16.0. The Morgan fingerprint density at radius 1 is 1.23 bits per heavy atom. The summed E-state index contributed by atoms with van der Waals surface area (Å²) in [5, 5.41) is 12.0. The lowest BCUT2D eigenvalue weighted by Crippen LogP contribution is -2.30. The number of aliphatic hydroxyl groups is 1. The molecule has 1 amide bonds. The monoisotopic (exact) mass is 299 g/mol. The van der Waals surface area contributed by atoms with Crippen molar-refractivity contribution < 1.29 is 14.6 Å². The third kappa shape index (κ3) is 4.09. The molecule has 0 spiro atoms. The lowest BCUT2D eigenvalue weighted by molar-refractivity contribution is -0.122. The van der Waals surface area contributed by atoms with Gasteiger partial charge in [0.25, 0.3) is 5.91 Å². The van der Waals surface area contributed by atoms with Crippen molar-refractivity contribution in [3.8, 4) is 5.75 Å². The van der Waals surface area contributed by atoms with Crippen LogP contribution >= 0.6 is 0 Å². The standard InChI is InChI=1S/C18H21NO3/c1-12-7-8-17(13(2)9-12)19-18(21)14(3)22-16-6-4-5-15(10-16)11-20/h4-10,14,20H,11H2,1-3H3,(H,19,21). The molecule has 0 aliphatic rings. The smallest absolute Gasteiger partial charge is 0.265 e. The van der Waals surface area contributed by atoms with Gasteiger partial charge in [-0.2, -0.15) is 0 Å². The van der Waals surface area contributed by atoms with Gasteiger partial charge in [0.2, 0.25) is 0 Å². The van der Waals surface area contributed by atoms with Crippen molar-refractivity contribution in [2.24, 2.45) is 0 Å². The first-order valence-electron chi connectivity index (χ1n) is 7.24. The van der Waals surface area contributed by atoms with Gasteiger partial charge in [-0.25, -0.2) is 0 Å². The van der Waals surface area contributed by atoms with Crippen molar-refractivity contribution in [2.75, 3.05) is 5.32 Å². The van der Waals surface area contributed by atoms with Crippen LogP contribution in [0.25, 0.3) is 0 Å². The van der Waals surface area contributed by atoms with E-state index in [1.54, 1.807) is 31.2 Å². The Morgan fingerprint density at radius 3 is 2.68 bits per heavy atom. The minimum atomic E-state index is -0.630. The number of nitrogens with one attached hydrogen (secondary N) is 1. The van der Waals surface area contributed by atoms with Gasteiger partial charge in [-0.1, -0.05) is 29.8 Å². The third-order valence-corrected chi connectivity index (χ3v) is 3.40. The van der Waals surface area contributed by atoms with Crippen LogP contribution in [-0.2, 0) is 11.4 Å². The Balaban J connectivity index is 2.02. The second-order valence-corrected chi connectivity index (χ2v) is 5.37. The molecule has 0 bridgehead atoms. The van der Waals surface area contributed by atoms with E-state index in [0.717, 1.165) is 22.4 Å². The normalized spacial score (nSPS) is 11.8. The van der Waals surface area contributed by atoms with Crippen LogP contribution in [0.4, 0.5) is 5.69 Å². The van der Waals surface area contributed by atoms with Crippen LogP contribution in [0.3, 0.4) is 0 Å². The van der Waals surface area contributed by atoms with Crippen molar-refractivity contribution in [1.82, 2.24) is 0 Å². The van der Waals surface area contributed by atoms with Gasteiger partial charge in [0.15, 0.2) is 6.10 Å². The van der Waals surface area contributed by atoms with E-state index in [1.165, 1.54) is 0 Å². The zero-order valence-electron chi connectivity index (χ0n) is 13.1. The van der Waals surface area contributed by atoms with Crippen LogP contribution in [0.2, 0.25) is 0 Å². The zero-order valence-corrected chi connectivity index (χ0v) is 13.1. The minimum Gasteiger partial charge on any atom is -0.481 e. The largest absolute Gasteiger partial charge is 0.481 e. The van der Waals surface area contributed by atoms with E-state index < -0.39 is 6.10 Å². The lowest BCUT2D eigenvalue weighted by atomic mass is 10.1. The van der Waals surface area contributed by atoms with Crippen molar-refractivity contribution in [1.29, 1.82) is 0 Å². The van der Waals surface area contributed by atoms with E-state index >= 15 is 0 Å². The fourth-order valence-electron chi connectivity index (χ4n) is 2.16. The Morgan fingerprint density at radius 2 is 2.00 bits per heavy atom. The second kappa shape index (κ2) is 7.09. The molecule has 22 heavy (non-hydrogen) atoms. The molecular weight excluding hydrogens is 278 g/mol. The highest BCUT2D eigenvalue weighted by Crippen LogP contribution is 2.18. The Bertz CT molecular complexity index is 667. The van der Waals surface area contributed by atoms with E-state index in [-0.39, 0.29) is 12.5 Å². The SMILES string of the molecule is Cc1ccc(NC(=O)C(C)Oc2cccc(CO)c2)c(C)c1. The molecule has 0 fully saturated rings. The highest BCUT2D eigenvalue weighted by molar-refractivity contribution is 5.94. The molecule has 2 N–H and O–H groups in total. The summed E-state index contributed by atoms with van der Waals surface area (Å²) in [6, 6.07) is 12.9. The fourth-order valence-corrected chi connectivity index (χ4v) is 2.16. The summed E-state index contributed by atoms with van der Waals surface area (Å²) in [7, 11) is 0. The van der Waals surface area contributed by atoms with Crippen LogP contribution < -0.4 is 10.1 Å². The average Bonchev–Trinajstić information content (AvgIpc) is 2.50. The van der Waals surface area contributed by atoms with Crippen molar-refractivity contribution >= 4 is 11.6 Å². The minimum absolute atomic E-state index is 0.0552. The molecule has 2 aromatic carbocycles. The topological polar surface area (TPSA) is 58.6 Å². The summed E-state index contributed by atoms with van der Waals surface area (Å²) in [6.07, 6.45) is -0.630. The molecule has 0 saturated carbocycles. The van der Waals surface area contributed by atoms with Gasteiger partial charge in [0.05, 0.1) is 6.61 Å². The van der Waals surface area contributed by atoms with Crippen LogP contribution in [0.5, 0.6) is 5.75 Å². The lowest BCUT2D eigenvalue weighted by Gasteiger charge is -2.16. The summed E-state index contributed by atoms with van der Waals surface area (Å²) in [6.45, 7) is 5.61. The number of ether oxygens (including phenoxy) is 1. The molecule has 0 aliphatic heterocycles. The number of aryl methyl sites for hydroxylation is 2. The average molecular weight is 299 g/mol. The maximum atomic E-state index is 12.2. The van der Waals surface area contributed by atoms with Crippen LogP contribution in [0.1, 0.15) is 23.6 Å². The van der Waals surface area contributed by atoms with Gasteiger partial charge in [-0.05, 0) is 50.1 Å². The number of carbonyl (C=O) groups is 1. The number of rotatable bonds is 5. The van der Waals surface area contributed by atoms with Gasteiger partial charge >= 0.3 is 0 Å². The quantitative estimate of drug-likeness (QED) is 0.891. The summed E-state index contributed by atoms with van der Waals surface area (Å²) in [5.74, 6) is 0.358. The number of benzene rings is 2. The number of hydrogen-bond acceptors (Lipinski definition) is 3. The number of hydrogen-bond donors (Lipinski definition) is 2. The molecule has 1 atom stereocenters. The number of amides is 1. The van der Waals surface area contributed by atoms with E-state index in [2.05, 4.69) is 5.32 Å². The Labute approximate surface area is 130 Å². The molecule has 4 nitrogen and oxygen atoms in total. The van der Waals surface area contributed by atoms with Gasteiger partial charge in [-0.15, -0.1) is 0 Å². The van der Waals surface area contributed by atoms with E-state index in [0.29, 0.717) is 5.75 Å². The van der Waals surface area contributed by atoms with Gasteiger partial charge in [0.1, 0.15) is 5.75 Å². The molecule has 2 aromatic rings. The number of anilines is 1. The molecular formula is C18H21NO3. The van der Waals surface area contributed by atoms with Crippen LogP contribution in [0.15, 0.2) is 42.5 Å². The van der Waals surface area contributed by atoms with Gasteiger partial charge in [0, 0.05) is 5.69 Å². The highest BCUT2D eigenvalue weighted by Gasteiger charge is 2.15. The van der Waals surface area contributed by atoms with Gasteiger partial charge in [-0.3, -0.25) is 4.79 Å². The second-order valence-electron chi connectivity index (χ2n) is 5.37. The molecule has 1 unspecified atom stereocenters. The Kier molecular flexibility index (Phi) is 5.17. The molecule has 0 aliphatic carbocycles. The van der Waals surface area contributed by atoms with Crippen molar-refractivity contribution in [3.63, 3.8) is 0 Å². The Hall–Kier alpha value is -2.33. The zero-order chi connectivity index (χ0) is 16.1. The molecule has 4 heteroatoms. The molecule has 0 aromatic heterocycles. The summed E-state index contributed by atoms with van der Waals surface area (Å²) in [4.78, 5) is 12.2. The molecule has 0 heterocycles. The molecule has 116 valence electrons. The first-order chi connectivity index (χ1) is 10.5. The molecule has 0 radical (unpaired) electrons. The molecule has 0 saturated heterocycles. The summed E-state index contributed by atoms with van der Waals surface area (Å²) in [5.41, 5.74) is 3.71. The van der Waals surface area contributed by atoms with E-state index in [4.69, 9.17) is 9.84 Å². The van der Waals surface area contributed by atoms with Crippen LogP contribution in [0, 0.1) is 13.8 Å². The number of carbonyl (C=O) groups excluding carboxylic acids is 1. The van der Waals surface area contributed by atoms with Crippen LogP contribution in [-0.4, -0.2) is 17.1 Å². The maximum absolute atomic E-state index is 12.2. The highest BCUT2D eigenvalue weighted by atomic mass is 16.5.